The molecule has 0 aliphatic heterocycles. The number of rotatable bonds is 3. The van der Waals surface area contributed by atoms with Crippen molar-refractivity contribution in [2.24, 2.45) is 0 Å². The van der Waals surface area contributed by atoms with Crippen LogP contribution in [-0.4, -0.2) is 10.9 Å². The van der Waals surface area contributed by atoms with Gasteiger partial charge >= 0.3 is 0 Å². The van der Waals surface area contributed by atoms with Crippen LogP contribution in [0.1, 0.15) is 28.9 Å². The van der Waals surface area contributed by atoms with E-state index in [-0.39, 0.29) is 11.6 Å². The first-order chi connectivity index (χ1) is 9.09. The van der Waals surface area contributed by atoms with Gasteiger partial charge < -0.3 is 5.32 Å². The Bertz CT molecular complexity index is 587. The lowest BCUT2D eigenvalue weighted by Gasteiger charge is -2.14. The van der Waals surface area contributed by atoms with E-state index in [2.05, 4.69) is 10.3 Å². The highest BCUT2D eigenvalue weighted by molar-refractivity contribution is 5.94. The maximum atomic E-state index is 13.4. The van der Waals surface area contributed by atoms with Gasteiger partial charge in [-0.15, -0.1) is 0 Å². The minimum atomic E-state index is -1.28. The molecule has 0 aliphatic rings. The third-order valence-electron chi connectivity index (χ3n) is 2.74. The lowest BCUT2D eigenvalue weighted by molar-refractivity contribution is 0.0934. The second-order valence-electron chi connectivity index (χ2n) is 4.07. The lowest BCUT2D eigenvalue weighted by atomic mass is 10.1. The first-order valence-corrected chi connectivity index (χ1v) is 5.75. The van der Waals surface area contributed by atoms with Crippen LogP contribution in [0.5, 0.6) is 0 Å². The van der Waals surface area contributed by atoms with E-state index in [0.29, 0.717) is 0 Å². The van der Waals surface area contributed by atoms with Gasteiger partial charge in [0.2, 0.25) is 5.95 Å². The van der Waals surface area contributed by atoms with Gasteiger partial charge in [-0.05, 0) is 18.6 Å². The summed E-state index contributed by atoms with van der Waals surface area (Å²) in [5.74, 6) is -3.18. The zero-order valence-corrected chi connectivity index (χ0v) is 10.2. The number of pyridine rings is 1. The van der Waals surface area contributed by atoms with Crippen molar-refractivity contribution in [2.45, 2.75) is 13.0 Å². The highest BCUT2D eigenvalue weighted by atomic mass is 19.2. The van der Waals surface area contributed by atoms with Crippen LogP contribution in [0, 0.1) is 11.8 Å². The summed E-state index contributed by atoms with van der Waals surface area (Å²) in [7, 11) is 0. The van der Waals surface area contributed by atoms with Crippen LogP contribution in [0.15, 0.2) is 42.6 Å². The van der Waals surface area contributed by atoms with Gasteiger partial charge in [0, 0.05) is 6.20 Å². The molecule has 2 aromatic rings. The van der Waals surface area contributed by atoms with Crippen molar-refractivity contribution >= 4 is 5.91 Å². The van der Waals surface area contributed by atoms with Crippen molar-refractivity contribution in [3.63, 3.8) is 0 Å². The smallest absolute Gasteiger partial charge is 0.254 e. The molecule has 19 heavy (non-hydrogen) atoms. The molecule has 1 aromatic carbocycles. The number of carbonyl (C=O) groups is 1. The first kappa shape index (κ1) is 13.1. The Kier molecular flexibility index (Phi) is 3.85. The standard InChI is InChI=1S/C14H12F2N2O/c1-9(10-5-3-2-4-6-10)18-14(19)11-7-8-17-13(16)12(11)15/h2-9H,1H3,(H,18,19). The fourth-order valence-electron chi connectivity index (χ4n) is 1.69. The van der Waals surface area contributed by atoms with Crippen molar-refractivity contribution in [1.82, 2.24) is 10.3 Å². The van der Waals surface area contributed by atoms with E-state index in [1.54, 1.807) is 6.92 Å². The Morgan fingerprint density at radius 1 is 1.21 bits per heavy atom. The van der Waals surface area contributed by atoms with Crippen LogP contribution in [0.3, 0.4) is 0 Å². The van der Waals surface area contributed by atoms with Crippen LogP contribution < -0.4 is 5.32 Å². The van der Waals surface area contributed by atoms with Crippen molar-refractivity contribution < 1.29 is 13.6 Å². The average Bonchev–Trinajstić information content (AvgIpc) is 2.42. The zero-order valence-electron chi connectivity index (χ0n) is 10.2. The van der Waals surface area contributed by atoms with E-state index >= 15 is 0 Å². The molecule has 0 spiro atoms. The summed E-state index contributed by atoms with van der Waals surface area (Å²) >= 11 is 0. The quantitative estimate of drug-likeness (QED) is 0.864. The molecule has 0 bridgehead atoms. The molecule has 0 fully saturated rings. The fraction of sp³-hybridized carbons (Fsp3) is 0.143. The Hall–Kier alpha value is -2.30. The fourth-order valence-corrected chi connectivity index (χ4v) is 1.69. The van der Waals surface area contributed by atoms with Gasteiger partial charge in [-0.3, -0.25) is 4.79 Å². The predicted molar refractivity (Wildman–Crippen MR) is 66.5 cm³/mol. The van der Waals surface area contributed by atoms with Gasteiger partial charge in [-0.2, -0.15) is 4.39 Å². The van der Waals surface area contributed by atoms with Crippen LogP contribution >= 0.6 is 0 Å². The maximum absolute atomic E-state index is 13.4. The number of halogens is 2. The topological polar surface area (TPSA) is 42.0 Å². The number of hydrogen-bond acceptors (Lipinski definition) is 2. The molecule has 1 unspecified atom stereocenters. The number of nitrogens with one attached hydrogen (secondary N) is 1. The monoisotopic (exact) mass is 262 g/mol. The summed E-state index contributed by atoms with van der Waals surface area (Å²) in [4.78, 5) is 15.0. The number of nitrogens with zero attached hydrogens (tertiary/aromatic N) is 1. The van der Waals surface area contributed by atoms with Crippen LogP contribution in [0.2, 0.25) is 0 Å². The second-order valence-corrected chi connectivity index (χ2v) is 4.07. The minimum absolute atomic E-state index is 0.302. The van der Waals surface area contributed by atoms with E-state index in [9.17, 15) is 13.6 Å². The molecule has 1 N–H and O–H groups in total. The van der Waals surface area contributed by atoms with Crippen molar-refractivity contribution in [3.05, 3.63) is 65.5 Å². The number of benzene rings is 1. The SMILES string of the molecule is CC(NC(=O)c1ccnc(F)c1F)c1ccccc1. The van der Waals surface area contributed by atoms with E-state index in [4.69, 9.17) is 0 Å². The molecule has 0 aliphatic carbocycles. The number of carbonyl (C=O) groups excluding carboxylic acids is 1. The molecule has 1 heterocycles. The Labute approximate surface area is 109 Å². The van der Waals surface area contributed by atoms with E-state index in [1.165, 1.54) is 0 Å². The molecule has 1 amide bonds. The molecule has 0 saturated carbocycles. The number of hydrogen-bond donors (Lipinski definition) is 1. The van der Waals surface area contributed by atoms with Crippen molar-refractivity contribution in [2.75, 3.05) is 0 Å². The molecular formula is C14H12F2N2O. The van der Waals surface area contributed by atoms with Gasteiger partial charge in [0.25, 0.3) is 5.91 Å². The largest absolute Gasteiger partial charge is 0.345 e. The van der Waals surface area contributed by atoms with E-state index in [1.807, 2.05) is 30.3 Å². The number of amides is 1. The van der Waals surface area contributed by atoms with Crippen molar-refractivity contribution in [1.29, 1.82) is 0 Å². The highest BCUT2D eigenvalue weighted by Crippen LogP contribution is 2.14. The maximum Gasteiger partial charge on any atom is 0.254 e. The molecule has 2 rings (SSSR count). The van der Waals surface area contributed by atoms with Crippen LogP contribution in [-0.2, 0) is 0 Å². The summed E-state index contributed by atoms with van der Waals surface area (Å²) in [5, 5.41) is 2.61. The predicted octanol–water partition coefficient (Wildman–Crippen LogP) is 2.85. The van der Waals surface area contributed by atoms with Gasteiger partial charge in [0.05, 0.1) is 11.6 Å². The summed E-state index contributed by atoms with van der Waals surface area (Å²) < 4.78 is 26.3. The van der Waals surface area contributed by atoms with Gasteiger partial charge in [-0.25, -0.2) is 9.37 Å². The Morgan fingerprint density at radius 2 is 1.89 bits per heavy atom. The minimum Gasteiger partial charge on any atom is -0.345 e. The molecule has 1 aromatic heterocycles. The van der Waals surface area contributed by atoms with Gasteiger partial charge in [0.1, 0.15) is 0 Å². The normalized spacial score (nSPS) is 11.9. The van der Waals surface area contributed by atoms with E-state index < -0.39 is 17.7 Å². The number of aromatic nitrogens is 1. The summed E-state index contributed by atoms with van der Waals surface area (Å²) in [6.07, 6.45) is 1.06. The van der Waals surface area contributed by atoms with Crippen LogP contribution in [0.25, 0.3) is 0 Å². The molecule has 3 nitrogen and oxygen atoms in total. The molecule has 0 saturated heterocycles. The molecule has 0 radical (unpaired) electrons. The average molecular weight is 262 g/mol. The third-order valence-corrected chi connectivity index (χ3v) is 2.74. The summed E-state index contributed by atoms with van der Waals surface area (Å²) in [6.45, 7) is 1.77. The van der Waals surface area contributed by atoms with Gasteiger partial charge in [-0.1, -0.05) is 30.3 Å². The summed E-state index contributed by atoms with van der Waals surface area (Å²) in [6, 6.07) is 10.1. The highest BCUT2D eigenvalue weighted by Gasteiger charge is 2.18. The molecule has 1 atom stereocenters. The first-order valence-electron chi connectivity index (χ1n) is 5.75. The Balaban J connectivity index is 2.16. The zero-order chi connectivity index (χ0) is 13.8. The molecule has 5 heteroatoms. The summed E-state index contributed by atoms with van der Waals surface area (Å²) in [5.41, 5.74) is 0.529. The second kappa shape index (κ2) is 5.56. The molecule has 98 valence electrons. The lowest BCUT2D eigenvalue weighted by Crippen LogP contribution is -2.27. The Morgan fingerprint density at radius 3 is 2.58 bits per heavy atom. The van der Waals surface area contributed by atoms with E-state index in [0.717, 1.165) is 17.8 Å². The van der Waals surface area contributed by atoms with Crippen LogP contribution in [0.4, 0.5) is 8.78 Å². The van der Waals surface area contributed by atoms with Crippen molar-refractivity contribution in [3.8, 4) is 0 Å². The third kappa shape index (κ3) is 2.93. The molecular weight excluding hydrogens is 250 g/mol. The van der Waals surface area contributed by atoms with Gasteiger partial charge in [0.15, 0.2) is 5.82 Å².